The van der Waals surface area contributed by atoms with E-state index < -0.39 is 10.0 Å². The van der Waals surface area contributed by atoms with E-state index in [2.05, 4.69) is 10.3 Å². The number of nitrogens with zero attached hydrogens (tertiary/aromatic N) is 2. The van der Waals surface area contributed by atoms with Crippen LogP contribution in [0.1, 0.15) is 45.2 Å². The minimum atomic E-state index is -3.42. The van der Waals surface area contributed by atoms with Crippen molar-refractivity contribution in [3.8, 4) is 0 Å². The molecule has 1 aromatic heterocycles. The van der Waals surface area contributed by atoms with Crippen LogP contribution < -0.4 is 5.32 Å². The average molecular weight is 394 g/mol. The highest BCUT2D eigenvalue weighted by molar-refractivity contribution is 7.89. The van der Waals surface area contributed by atoms with Crippen LogP contribution in [0.2, 0.25) is 0 Å². The summed E-state index contributed by atoms with van der Waals surface area (Å²) in [6.45, 7) is 5.22. The molecule has 1 amide bonds. The molecule has 1 fully saturated rings. The van der Waals surface area contributed by atoms with Gasteiger partial charge >= 0.3 is 0 Å². The van der Waals surface area contributed by atoms with Gasteiger partial charge in [-0.15, -0.1) is 11.3 Å². The van der Waals surface area contributed by atoms with Gasteiger partial charge in [-0.3, -0.25) is 4.79 Å². The second-order valence-electron chi connectivity index (χ2n) is 6.44. The lowest BCUT2D eigenvalue weighted by Crippen LogP contribution is -2.35. The topological polar surface area (TPSA) is 79.4 Å². The summed E-state index contributed by atoms with van der Waals surface area (Å²) in [7, 11) is -3.42. The summed E-state index contributed by atoms with van der Waals surface area (Å²) in [5.74, 6) is -0.155. The summed E-state index contributed by atoms with van der Waals surface area (Å²) in [6.07, 6.45) is 2.92. The normalized spacial score (nSPS) is 15.8. The van der Waals surface area contributed by atoms with E-state index in [1.54, 1.807) is 28.6 Å². The molecule has 1 aliphatic heterocycles. The van der Waals surface area contributed by atoms with Gasteiger partial charge in [0.15, 0.2) is 0 Å². The van der Waals surface area contributed by atoms with Crippen molar-refractivity contribution in [2.45, 2.75) is 44.6 Å². The summed E-state index contributed by atoms with van der Waals surface area (Å²) >= 11 is 1.37. The largest absolute Gasteiger partial charge is 0.347 e. The van der Waals surface area contributed by atoms with Crippen LogP contribution >= 0.6 is 11.3 Å². The zero-order valence-electron chi connectivity index (χ0n) is 15.0. The van der Waals surface area contributed by atoms with Gasteiger partial charge in [0.05, 0.1) is 15.6 Å². The Bertz CT molecular complexity index is 883. The Balaban J connectivity index is 1.64. The minimum Gasteiger partial charge on any atom is -0.347 e. The number of hydrogen-bond donors (Lipinski definition) is 1. The second-order valence-corrected chi connectivity index (χ2v) is 9.58. The van der Waals surface area contributed by atoms with E-state index in [4.69, 9.17) is 0 Å². The number of nitrogens with one attached hydrogen (secondary N) is 1. The first kappa shape index (κ1) is 19.0. The summed E-state index contributed by atoms with van der Waals surface area (Å²) in [5.41, 5.74) is 1.59. The van der Waals surface area contributed by atoms with Gasteiger partial charge in [0.1, 0.15) is 4.88 Å². The number of aryl methyl sites for hydroxylation is 2. The molecule has 0 atom stereocenters. The Labute approximate surface area is 158 Å². The molecule has 0 unspecified atom stereocenters. The lowest BCUT2D eigenvalue weighted by molar-refractivity contribution is 0.0954. The van der Waals surface area contributed by atoms with E-state index >= 15 is 0 Å². The van der Waals surface area contributed by atoms with Crippen LogP contribution in [-0.4, -0.2) is 36.7 Å². The third kappa shape index (κ3) is 4.13. The first-order chi connectivity index (χ1) is 12.4. The lowest BCUT2D eigenvalue weighted by Gasteiger charge is -2.25. The molecular formula is C18H23N3O3S2. The molecule has 8 heteroatoms. The van der Waals surface area contributed by atoms with Gasteiger partial charge < -0.3 is 5.32 Å². The van der Waals surface area contributed by atoms with Crippen LogP contribution in [-0.2, 0) is 16.6 Å². The molecule has 2 aromatic rings. The summed E-state index contributed by atoms with van der Waals surface area (Å²) < 4.78 is 26.8. The number of aromatic nitrogens is 1. The van der Waals surface area contributed by atoms with E-state index in [1.807, 2.05) is 13.8 Å². The molecule has 2 heterocycles. The first-order valence-corrected chi connectivity index (χ1v) is 10.9. The highest BCUT2D eigenvalue weighted by Gasteiger charge is 2.25. The number of amides is 1. The number of carbonyl (C=O) groups excluding carboxylic acids is 1. The zero-order chi connectivity index (χ0) is 18.7. The molecule has 140 valence electrons. The number of piperidine rings is 1. The third-order valence-corrected chi connectivity index (χ3v) is 7.42. The highest BCUT2D eigenvalue weighted by Crippen LogP contribution is 2.21. The van der Waals surface area contributed by atoms with Gasteiger partial charge in [-0.05, 0) is 44.4 Å². The van der Waals surface area contributed by atoms with Crippen molar-refractivity contribution >= 4 is 27.3 Å². The van der Waals surface area contributed by atoms with Gasteiger partial charge in [-0.1, -0.05) is 18.6 Å². The van der Waals surface area contributed by atoms with Gasteiger partial charge in [-0.2, -0.15) is 4.31 Å². The SMILES string of the molecule is Cc1nc(C)c(C(=O)NCc2ccc(S(=O)(=O)N3CCCCC3)cc2)s1. The number of carbonyl (C=O) groups is 1. The zero-order valence-corrected chi connectivity index (χ0v) is 16.6. The summed E-state index contributed by atoms with van der Waals surface area (Å²) in [5, 5.41) is 3.72. The van der Waals surface area contributed by atoms with E-state index in [9.17, 15) is 13.2 Å². The van der Waals surface area contributed by atoms with Gasteiger partial charge in [-0.25, -0.2) is 13.4 Å². The molecule has 6 nitrogen and oxygen atoms in total. The van der Waals surface area contributed by atoms with Crippen LogP contribution in [0.3, 0.4) is 0 Å². The Kier molecular flexibility index (Phi) is 5.74. The van der Waals surface area contributed by atoms with Crippen LogP contribution in [0.5, 0.6) is 0 Å². The Hall–Kier alpha value is -1.77. The maximum atomic E-state index is 12.6. The van der Waals surface area contributed by atoms with E-state index in [0.29, 0.717) is 29.4 Å². The number of hydrogen-bond acceptors (Lipinski definition) is 5. The minimum absolute atomic E-state index is 0.155. The third-order valence-electron chi connectivity index (χ3n) is 4.44. The van der Waals surface area contributed by atoms with Crippen molar-refractivity contribution in [2.24, 2.45) is 0 Å². The number of thiazole rings is 1. The second kappa shape index (κ2) is 7.85. The van der Waals surface area contributed by atoms with Crippen molar-refractivity contribution in [1.82, 2.24) is 14.6 Å². The van der Waals surface area contributed by atoms with Crippen molar-refractivity contribution in [1.29, 1.82) is 0 Å². The molecular weight excluding hydrogens is 370 g/mol. The molecule has 3 rings (SSSR count). The van der Waals surface area contributed by atoms with Gasteiger partial charge in [0, 0.05) is 19.6 Å². The quantitative estimate of drug-likeness (QED) is 0.847. The van der Waals surface area contributed by atoms with Crippen LogP contribution in [0.25, 0.3) is 0 Å². The van der Waals surface area contributed by atoms with E-state index in [0.717, 1.165) is 35.5 Å². The molecule has 1 aliphatic rings. The summed E-state index contributed by atoms with van der Waals surface area (Å²) in [6, 6.07) is 6.74. The monoisotopic (exact) mass is 393 g/mol. The molecule has 0 radical (unpaired) electrons. The highest BCUT2D eigenvalue weighted by atomic mass is 32.2. The summed E-state index contributed by atoms with van der Waals surface area (Å²) in [4.78, 5) is 17.4. The van der Waals surface area contributed by atoms with Crippen LogP contribution in [0, 0.1) is 13.8 Å². The predicted molar refractivity (Wildman–Crippen MR) is 102 cm³/mol. The fourth-order valence-electron chi connectivity index (χ4n) is 3.04. The first-order valence-electron chi connectivity index (χ1n) is 8.69. The Morgan fingerprint density at radius 1 is 1.15 bits per heavy atom. The van der Waals surface area contributed by atoms with Crippen molar-refractivity contribution in [3.05, 3.63) is 45.4 Å². The van der Waals surface area contributed by atoms with Gasteiger partial charge in [0.2, 0.25) is 10.0 Å². The maximum absolute atomic E-state index is 12.6. The molecule has 1 N–H and O–H groups in total. The number of benzene rings is 1. The van der Waals surface area contributed by atoms with E-state index in [1.165, 1.54) is 11.3 Å². The molecule has 0 aliphatic carbocycles. The van der Waals surface area contributed by atoms with Gasteiger partial charge in [0.25, 0.3) is 5.91 Å². The molecule has 0 saturated carbocycles. The maximum Gasteiger partial charge on any atom is 0.263 e. The van der Waals surface area contributed by atoms with E-state index in [-0.39, 0.29) is 5.91 Å². The number of sulfonamides is 1. The molecule has 0 spiro atoms. The van der Waals surface area contributed by atoms with Crippen molar-refractivity contribution in [3.63, 3.8) is 0 Å². The Morgan fingerprint density at radius 3 is 2.38 bits per heavy atom. The Morgan fingerprint density at radius 2 is 1.81 bits per heavy atom. The van der Waals surface area contributed by atoms with Crippen LogP contribution in [0.15, 0.2) is 29.2 Å². The molecule has 1 saturated heterocycles. The fourth-order valence-corrected chi connectivity index (χ4v) is 5.39. The molecule has 1 aromatic carbocycles. The fraction of sp³-hybridized carbons (Fsp3) is 0.444. The van der Waals surface area contributed by atoms with Crippen molar-refractivity contribution in [2.75, 3.05) is 13.1 Å². The average Bonchev–Trinajstić information content (AvgIpc) is 2.99. The lowest BCUT2D eigenvalue weighted by atomic mass is 10.2. The van der Waals surface area contributed by atoms with Crippen molar-refractivity contribution < 1.29 is 13.2 Å². The molecule has 26 heavy (non-hydrogen) atoms. The standard InChI is InChI=1S/C18H23N3O3S2/c1-13-17(25-14(2)20-13)18(22)19-12-15-6-8-16(9-7-15)26(23,24)21-10-4-3-5-11-21/h6-9H,3-5,10-12H2,1-2H3,(H,19,22). The smallest absolute Gasteiger partial charge is 0.263 e. The number of rotatable bonds is 5. The van der Waals surface area contributed by atoms with Crippen LogP contribution in [0.4, 0.5) is 0 Å². The molecule has 0 bridgehead atoms. The predicted octanol–water partition coefficient (Wildman–Crippen LogP) is 2.86.